The minimum Gasteiger partial charge on any atom is -0.383 e. The molecule has 1 unspecified atom stereocenters. The van der Waals surface area contributed by atoms with E-state index >= 15 is 0 Å². The second-order valence-electron chi connectivity index (χ2n) is 7.39. The zero-order chi connectivity index (χ0) is 20.5. The molecule has 0 spiro atoms. The summed E-state index contributed by atoms with van der Waals surface area (Å²) in [4.78, 5) is 0. The zero-order valence-corrected chi connectivity index (χ0v) is 15.5. The monoisotopic (exact) mass is 392 g/mol. The zero-order valence-electron chi connectivity index (χ0n) is 15.5. The molecular weight excluding hydrogens is 372 g/mol. The summed E-state index contributed by atoms with van der Waals surface area (Å²) in [6.45, 7) is 3.97. The predicted octanol–water partition coefficient (Wildman–Crippen LogP) is 5.06. The van der Waals surface area contributed by atoms with Crippen molar-refractivity contribution in [1.82, 2.24) is 5.43 Å². The summed E-state index contributed by atoms with van der Waals surface area (Å²) in [6, 6.07) is 5.12. The molecule has 0 saturated carbocycles. The second-order valence-corrected chi connectivity index (χ2v) is 7.39. The molecule has 0 bridgehead atoms. The third-order valence-electron chi connectivity index (χ3n) is 4.95. The van der Waals surface area contributed by atoms with Crippen molar-refractivity contribution in [3.8, 4) is 6.07 Å². The van der Waals surface area contributed by atoms with E-state index in [1.165, 1.54) is 6.07 Å². The normalized spacial score (nSPS) is 22.3. The number of hydrazone groups is 1. The van der Waals surface area contributed by atoms with Crippen molar-refractivity contribution < 1.29 is 17.6 Å². The number of anilines is 1. The first-order valence-electron chi connectivity index (χ1n) is 8.86. The van der Waals surface area contributed by atoms with Crippen molar-refractivity contribution in [3.05, 3.63) is 52.4 Å². The highest BCUT2D eigenvalue weighted by Crippen LogP contribution is 2.34. The van der Waals surface area contributed by atoms with Crippen LogP contribution in [0.2, 0.25) is 0 Å². The Bertz CT molecular complexity index is 921. The number of halogens is 4. The molecule has 1 aliphatic carbocycles. The smallest absolute Gasteiger partial charge is 0.383 e. The van der Waals surface area contributed by atoms with Crippen LogP contribution < -0.4 is 10.7 Å². The number of hydrogen-bond acceptors (Lipinski definition) is 4. The number of hydrogen-bond donors (Lipinski definition) is 2. The molecule has 1 heterocycles. The molecule has 0 aromatic heterocycles. The van der Waals surface area contributed by atoms with Crippen LogP contribution in [-0.2, 0) is 6.18 Å². The summed E-state index contributed by atoms with van der Waals surface area (Å²) in [6.07, 6.45) is -1.28. The van der Waals surface area contributed by atoms with Gasteiger partial charge in [-0.15, -0.1) is 0 Å². The maximum Gasteiger partial charge on any atom is 0.417 e. The number of alkyl halides is 3. The number of nitrogens with zero attached hydrogens (tertiary/aromatic N) is 2. The van der Waals surface area contributed by atoms with E-state index < -0.39 is 22.8 Å². The average Bonchev–Trinajstić information content (AvgIpc) is 3.04. The minimum absolute atomic E-state index is 0.110. The van der Waals surface area contributed by atoms with Crippen LogP contribution in [0.5, 0.6) is 0 Å². The first-order valence-corrected chi connectivity index (χ1v) is 8.86. The van der Waals surface area contributed by atoms with Crippen molar-refractivity contribution in [1.29, 1.82) is 5.26 Å². The molecule has 1 aliphatic heterocycles. The highest BCUT2D eigenvalue weighted by molar-refractivity contribution is 6.02. The quantitative estimate of drug-likeness (QED) is 0.704. The summed E-state index contributed by atoms with van der Waals surface area (Å²) in [5.74, 6) is -0.110. The van der Waals surface area contributed by atoms with Gasteiger partial charge >= 0.3 is 6.18 Å². The molecule has 4 nitrogen and oxygen atoms in total. The lowest BCUT2D eigenvalue weighted by Gasteiger charge is -2.25. The Hall–Kier alpha value is -2.82. The van der Waals surface area contributed by atoms with Gasteiger partial charge in [-0.3, -0.25) is 0 Å². The summed E-state index contributed by atoms with van der Waals surface area (Å²) < 4.78 is 52.8. The van der Waals surface area contributed by atoms with Crippen molar-refractivity contribution in [2.75, 3.05) is 11.9 Å². The minimum atomic E-state index is -4.59. The van der Waals surface area contributed by atoms with E-state index in [-0.39, 0.29) is 11.5 Å². The number of nitriles is 1. The summed E-state index contributed by atoms with van der Waals surface area (Å²) in [5, 5.41) is 16.2. The predicted molar refractivity (Wildman–Crippen MR) is 99.4 cm³/mol. The van der Waals surface area contributed by atoms with Crippen LogP contribution in [0, 0.1) is 11.3 Å². The first-order chi connectivity index (χ1) is 13.1. The van der Waals surface area contributed by atoms with Gasteiger partial charge in [-0.2, -0.15) is 23.5 Å². The second kappa shape index (κ2) is 7.30. The number of benzene rings is 1. The number of nitrogens with one attached hydrogen (secondary N) is 2. The maximum absolute atomic E-state index is 13.5. The highest BCUT2D eigenvalue weighted by Gasteiger charge is 2.35. The fourth-order valence-electron chi connectivity index (χ4n) is 3.30. The molecule has 1 atom stereocenters. The molecule has 1 aromatic carbocycles. The molecule has 0 fully saturated rings. The number of allylic oxidation sites excluding steroid dienone is 4. The Balaban J connectivity index is 1.68. The van der Waals surface area contributed by atoms with Gasteiger partial charge in [0.1, 0.15) is 5.83 Å². The summed E-state index contributed by atoms with van der Waals surface area (Å²) in [5.41, 5.74) is 3.89. The topological polar surface area (TPSA) is 60.2 Å². The Morgan fingerprint density at radius 1 is 1.32 bits per heavy atom. The Labute approximate surface area is 160 Å². The lowest BCUT2D eigenvalue weighted by Crippen LogP contribution is -2.42. The molecule has 148 valence electrons. The van der Waals surface area contributed by atoms with E-state index in [1.807, 2.05) is 6.92 Å². The first kappa shape index (κ1) is 19.9. The van der Waals surface area contributed by atoms with E-state index in [9.17, 15) is 17.6 Å². The van der Waals surface area contributed by atoms with E-state index in [0.717, 1.165) is 23.4 Å². The van der Waals surface area contributed by atoms with E-state index in [4.69, 9.17) is 5.26 Å². The van der Waals surface area contributed by atoms with Crippen LogP contribution in [0.15, 0.2) is 46.3 Å². The molecule has 3 rings (SSSR count). The largest absolute Gasteiger partial charge is 0.417 e. The van der Waals surface area contributed by atoms with Crippen molar-refractivity contribution >= 4 is 11.4 Å². The Kier molecular flexibility index (Phi) is 5.20. The third-order valence-corrected chi connectivity index (χ3v) is 4.95. The maximum atomic E-state index is 13.5. The fourth-order valence-corrected chi connectivity index (χ4v) is 3.30. The van der Waals surface area contributed by atoms with Crippen LogP contribution >= 0.6 is 0 Å². The van der Waals surface area contributed by atoms with Gasteiger partial charge in [0.05, 0.1) is 28.4 Å². The van der Waals surface area contributed by atoms with Gasteiger partial charge in [0.25, 0.3) is 0 Å². The van der Waals surface area contributed by atoms with Crippen LogP contribution in [0.4, 0.5) is 23.2 Å². The van der Waals surface area contributed by atoms with Gasteiger partial charge in [-0.25, -0.2) is 4.39 Å². The lowest BCUT2D eigenvalue weighted by molar-refractivity contribution is -0.137. The fraction of sp³-hybridized carbons (Fsp3) is 0.400. The lowest BCUT2D eigenvalue weighted by atomic mass is 9.89. The summed E-state index contributed by atoms with van der Waals surface area (Å²) >= 11 is 0. The summed E-state index contributed by atoms with van der Waals surface area (Å²) in [7, 11) is 0. The molecule has 1 aromatic rings. The molecule has 0 radical (unpaired) electrons. The highest BCUT2D eigenvalue weighted by atomic mass is 19.4. The standard InChI is InChI=1S/C20H20F4N4/c1-12-7-13(4-6-17(12)21)18-9-19(2,28-27-18)11-26-15-5-3-14(10-25)16(8-15)20(22,23)24/h3,5,7-8,26,28H,4,6,9,11H2,1-2H3. The average molecular weight is 392 g/mol. The molecule has 0 saturated heterocycles. The SMILES string of the molecule is CC1=C(F)CCC(C2=NNC(C)(CNc3ccc(C#N)c(C(F)(F)F)c3)C2)=C1. The van der Waals surface area contributed by atoms with E-state index in [0.29, 0.717) is 31.4 Å². The molecule has 8 heteroatoms. The van der Waals surface area contributed by atoms with Crippen molar-refractivity contribution in [2.24, 2.45) is 5.10 Å². The molecule has 2 N–H and O–H groups in total. The third kappa shape index (κ3) is 4.19. The van der Waals surface area contributed by atoms with Gasteiger partial charge < -0.3 is 10.7 Å². The van der Waals surface area contributed by atoms with Crippen molar-refractivity contribution in [2.45, 2.75) is 44.8 Å². The Morgan fingerprint density at radius 2 is 2.07 bits per heavy atom. The molecule has 28 heavy (non-hydrogen) atoms. The van der Waals surface area contributed by atoms with E-state index in [1.54, 1.807) is 19.1 Å². The van der Waals surface area contributed by atoms with E-state index in [2.05, 4.69) is 15.8 Å². The van der Waals surface area contributed by atoms with Crippen LogP contribution in [0.3, 0.4) is 0 Å². The van der Waals surface area contributed by atoms with Crippen LogP contribution in [0.1, 0.15) is 44.2 Å². The van der Waals surface area contributed by atoms with Gasteiger partial charge in [0.2, 0.25) is 0 Å². The molecule has 0 amide bonds. The van der Waals surface area contributed by atoms with Gasteiger partial charge in [-0.1, -0.05) is 6.08 Å². The van der Waals surface area contributed by atoms with Gasteiger partial charge in [0.15, 0.2) is 0 Å². The van der Waals surface area contributed by atoms with Crippen LogP contribution in [0.25, 0.3) is 0 Å². The van der Waals surface area contributed by atoms with Crippen LogP contribution in [-0.4, -0.2) is 17.8 Å². The Morgan fingerprint density at radius 3 is 2.71 bits per heavy atom. The van der Waals surface area contributed by atoms with Gasteiger partial charge in [0, 0.05) is 25.1 Å². The molecular formula is C20H20F4N4. The molecule has 2 aliphatic rings. The van der Waals surface area contributed by atoms with Gasteiger partial charge in [-0.05, 0) is 49.6 Å². The number of rotatable bonds is 4. The van der Waals surface area contributed by atoms with Crippen molar-refractivity contribution in [3.63, 3.8) is 0 Å².